The van der Waals surface area contributed by atoms with E-state index in [0.717, 1.165) is 19.4 Å². The Morgan fingerprint density at radius 1 is 0.600 bits per heavy atom. The van der Waals surface area contributed by atoms with Gasteiger partial charge in [-0.25, -0.2) is 0 Å². The summed E-state index contributed by atoms with van der Waals surface area (Å²) in [6.45, 7) is 12.7. The van der Waals surface area contributed by atoms with Gasteiger partial charge in [-0.1, -0.05) is 103 Å². The van der Waals surface area contributed by atoms with Gasteiger partial charge < -0.3 is 4.74 Å². The zero-order chi connectivity index (χ0) is 22.3. The van der Waals surface area contributed by atoms with Crippen molar-refractivity contribution < 1.29 is 4.74 Å². The molecule has 0 aliphatic carbocycles. The summed E-state index contributed by atoms with van der Waals surface area (Å²) in [5, 5.41) is 0. The third-order valence-corrected chi connectivity index (χ3v) is 7.62. The van der Waals surface area contributed by atoms with E-state index in [9.17, 15) is 0 Å². The summed E-state index contributed by atoms with van der Waals surface area (Å²) in [5.41, 5.74) is 0.474. The molecule has 0 aromatic heterocycles. The molecule has 0 N–H and O–H groups in total. The number of hydrogen-bond acceptors (Lipinski definition) is 2. The maximum atomic E-state index is 6.29. The quantitative estimate of drug-likeness (QED) is 0.204. The van der Waals surface area contributed by atoms with Gasteiger partial charge in [0, 0.05) is 17.7 Å². The van der Waals surface area contributed by atoms with E-state index in [1.165, 1.54) is 103 Å². The molecule has 0 bridgehead atoms. The molecule has 0 unspecified atom stereocenters. The SMILES string of the molecule is CCCCCCCCCCCCCCCCCCOC1CC(C)(C)N(C)C(C)(C)C1. The molecular weight excluding hydrogens is 366 g/mol. The molecule has 0 saturated carbocycles. The Kier molecular flexibility index (Phi) is 14.6. The van der Waals surface area contributed by atoms with Crippen LogP contribution in [0.5, 0.6) is 0 Å². The molecule has 0 aromatic carbocycles. The van der Waals surface area contributed by atoms with E-state index in [2.05, 4.69) is 46.6 Å². The molecule has 180 valence electrons. The van der Waals surface area contributed by atoms with Crippen LogP contribution in [-0.2, 0) is 4.74 Å². The summed E-state index contributed by atoms with van der Waals surface area (Å²) in [7, 11) is 2.27. The van der Waals surface area contributed by atoms with Crippen molar-refractivity contribution in [1.82, 2.24) is 4.90 Å². The number of nitrogens with zero attached hydrogens (tertiary/aromatic N) is 1. The molecule has 1 aliphatic heterocycles. The van der Waals surface area contributed by atoms with E-state index >= 15 is 0 Å². The minimum absolute atomic E-state index is 0.237. The van der Waals surface area contributed by atoms with Gasteiger partial charge in [-0.2, -0.15) is 0 Å². The number of rotatable bonds is 18. The first kappa shape index (κ1) is 28.0. The molecule has 0 spiro atoms. The molecule has 2 nitrogen and oxygen atoms in total. The smallest absolute Gasteiger partial charge is 0.0610 e. The van der Waals surface area contributed by atoms with Crippen LogP contribution in [0.2, 0.25) is 0 Å². The van der Waals surface area contributed by atoms with Crippen LogP contribution in [0, 0.1) is 0 Å². The van der Waals surface area contributed by atoms with Crippen molar-refractivity contribution in [3.8, 4) is 0 Å². The molecule has 1 fully saturated rings. The van der Waals surface area contributed by atoms with Gasteiger partial charge in [0.2, 0.25) is 0 Å². The molecule has 2 heteroatoms. The Bertz CT molecular complexity index is 385. The largest absolute Gasteiger partial charge is 0.378 e. The highest BCUT2D eigenvalue weighted by Gasteiger charge is 2.43. The highest BCUT2D eigenvalue weighted by atomic mass is 16.5. The fourth-order valence-corrected chi connectivity index (χ4v) is 5.30. The topological polar surface area (TPSA) is 12.5 Å². The van der Waals surface area contributed by atoms with Crippen molar-refractivity contribution >= 4 is 0 Å². The lowest BCUT2D eigenvalue weighted by molar-refractivity contribution is -0.0918. The van der Waals surface area contributed by atoms with Crippen LogP contribution in [0.1, 0.15) is 150 Å². The van der Waals surface area contributed by atoms with Crippen LogP contribution < -0.4 is 0 Å². The number of ether oxygens (including phenoxy) is 1. The molecule has 0 atom stereocenters. The Morgan fingerprint density at radius 2 is 0.933 bits per heavy atom. The highest BCUT2D eigenvalue weighted by molar-refractivity contribution is 4.98. The minimum Gasteiger partial charge on any atom is -0.378 e. The lowest BCUT2D eigenvalue weighted by Crippen LogP contribution is -2.60. The van der Waals surface area contributed by atoms with Gasteiger partial charge in [0.25, 0.3) is 0 Å². The molecule has 1 aliphatic rings. The van der Waals surface area contributed by atoms with Gasteiger partial charge in [-0.05, 0) is 54.0 Å². The van der Waals surface area contributed by atoms with Crippen molar-refractivity contribution in [2.75, 3.05) is 13.7 Å². The van der Waals surface area contributed by atoms with Gasteiger partial charge in [0.1, 0.15) is 0 Å². The van der Waals surface area contributed by atoms with Gasteiger partial charge in [-0.15, -0.1) is 0 Å². The van der Waals surface area contributed by atoms with Crippen LogP contribution in [0.4, 0.5) is 0 Å². The van der Waals surface area contributed by atoms with Crippen molar-refractivity contribution in [3.05, 3.63) is 0 Å². The summed E-state index contributed by atoms with van der Waals surface area (Å²) in [6.07, 6.45) is 25.6. The summed E-state index contributed by atoms with van der Waals surface area (Å²) < 4.78 is 6.29. The Balaban J connectivity index is 1.86. The Labute approximate surface area is 190 Å². The van der Waals surface area contributed by atoms with Crippen LogP contribution >= 0.6 is 0 Å². The van der Waals surface area contributed by atoms with Gasteiger partial charge in [0.05, 0.1) is 6.10 Å². The molecule has 0 amide bonds. The van der Waals surface area contributed by atoms with E-state index in [0.29, 0.717) is 6.10 Å². The minimum atomic E-state index is 0.237. The van der Waals surface area contributed by atoms with E-state index < -0.39 is 0 Å². The van der Waals surface area contributed by atoms with Gasteiger partial charge in [0.15, 0.2) is 0 Å². The first-order valence-corrected chi connectivity index (χ1v) is 13.6. The predicted molar refractivity (Wildman–Crippen MR) is 134 cm³/mol. The number of piperidine rings is 1. The van der Waals surface area contributed by atoms with Crippen LogP contribution in [0.15, 0.2) is 0 Å². The lowest BCUT2D eigenvalue weighted by atomic mass is 9.79. The normalized spacial score (nSPS) is 19.4. The van der Waals surface area contributed by atoms with Crippen LogP contribution in [0.3, 0.4) is 0 Å². The number of unbranched alkanes of at least 4 members (excludes halogenated alkanes) is 15. The second-order valence-electron chi connectivity index (χ2n) is 11.4. The van der Waals surface area contributed by atoms with Crippen molar-refractivity contribution in [2.24, 2.45) is 0 Å². The van der Waals surface area contributed by atoms with Crippen LogP contribution in [-0.4, -0.2) is 35.7 Å². The van der Waals surface area contributed by atoms with Gasteiger partial charge >= 0.3 is 0 Å². The summed E-state index contributed by atoms with van der Waals surface area (Å²) in [5.74, 6) is 0. The predicted octanol–water partition coefficient (Wildman–Crippen LogP) is 8.92. The fourth-order valence-electron chi connectivity index (χ4n) is 5.30. The van der Waals surface area contributed by atoms with E-state index in [-0.39, 0.29) is 11.1 Å². The lowest BCUT2D eigenvalue weighted by Gasteiger charge is -2.53. The molecule has 0 radical (unpaired) electrons. The van der Waals surface area contributed by atoms with Crippen molar-refractivity contribution in [1.29, 1.82) is 0 Å². The number of likely N-dealkylation sites (tertiary alicyclic amines) is 1. The monoisotopic (exact) mass is 423 g/mol. The molecular formula is C28H57NO. The Hall–Kier alpha value is -0.0800. The first-order chi connectivity index (χ1) is 14.3. The van der Waals surface area contributed by atoms with Crippen LogP contribution in [0.25, 0.3) is 0 Å². The molecule has 1 saturated heterocycles. The average Bonchev–Trinajstić information content (AvgIpc) is 2.68. The van der Waals surface area contributed by atoms with Crippen molar-refractivity contribution in [3.63, 3.8) is 0 Å². The second-order valence-corrected chi connectivity index (χ2v) is 11.4. The summed E-state index contributed by atoms with van der Waals surface area (Å²) >= 11 is 0. The second kappa shape index (κ2) is 15.7. The summed E-state index contributed by atoms with van der Waals surface area (Å²) in [6, 6.07) is 0. The standard InChI is InChI=1S/C28H57NO/c1-7-8-9-10-11-12-13-14-15-16-17-18-19-20-21-22-23-30-26-24-27(2,3)29(6)28(4,5)25-26/h26H,7-25H2,1-6H3. The first-order valence-electron chi connectivity index (χ1n) is 13.6. The van der Waals surface area contributed by atoms with E-state index in [4.69, 9.17) is 4.74 Å². The number of hydrogen-bond donors (Lipinski definition) is 0. The molecule has 30 heavy (non-hydrogen) atoms. The summed E-state index contributed by atoms with van der Waals surface area (Å²) in [4.78, 5) is 2.54. The third kappa shape index (κ3) is 12.1. The zero-order valence-corrected chi connectivity index (χ0v) is 21.9. The fraction of sp³-hybridized carbons (Fsp3) is 1.00. The average molecular weight is 424 g/mol. The Morgan fingerprint density at radius 3 is 1.30 bits per heavy atom. The highest BCUT2D eigenvalue weighted by Crippen LogP contribution is 2.38. The molecule has 0 aromatic rings. The van der Waals surface area contributed by atoms with Crippen molar-refractivity contribution in [2.45, 2.75) is 167 Å². The van der Waals surface area contributed by atoms with E-state index in [1.54, 1.807) is 0 Å². The van der Waals surface area contributed by atoms with E-state index in [1.807, 2.05) is 0 Å². The maximum absolute atomic E-state index is 6.29. The zero-order valence-electron chi connectivity index (χ0n) is 21.9. The third-order valence-electron chi connectivity index (χ3n) is 7.62. The maximum Gasteiger partial charge on any atom is 0.0610 e. The molecule has 1 rings (SSSR count). The van der Waals surface area contributed by atoms with Gasteiger partial charge in [-0.3, -0.25) is 4.90 Å². The molecule has 1 heterocycles.